The van der Waals surface area contributed by atoms with Gasteiger partial charge in [0.15, 0.2) is 0 Å². The van der Waals surface area contributed by atoms with E-state index in [2.05, 4.69) is 10.6 Å². The molecule has 0 saturated heterocycles. The number of carbonyl (C=O) groups is 1. The topological polar surface area (TPSA) is 41.1 Å². The van der Waals surface area contributed by atoms with E-state index in [0.29, 0.717) is 22.2 Å². The highest BCUT2D eigenvalue weighted by atomic mass is 35.5. The first-order valence-electron chi connectivity index (χ1n) is 4.95. The highest BCUT2D eigenvalue weighted by Crippen LogP contribution is 2.25. The van der Waals surface area contributed by atoms with E-state index < -0.39 is 0 Å². The maximum Gasteiger partial charge on any atom is 0.252 e. The van der Waals surface area contributed by atoms with Crippen molar-refractivity contribution in [2.45, 2.75) is 13.0 Å². The van der Waals surface area contributed by atoms with E-state index in [1.807, 2.05) is 14.0 Å². The van der Waals surface area contributed by atoms with E-state index >= 15 is 0 Å². The first-order chi connectivity index (χ1) is 7.56. The number of nitrogens with one attached hydrogen (secondary N) is 2. The summed E-state index contributed by atoms with van der Waals surface area (Å²) in [5.41, 5.74) is 0.400. The number of rotatable bonds is 4. The van der Waals surface area contributed by atoms with Crippen molar-refractivity contribution in [2.24, 2.45) is 0 Å². The largest absolute Gasteiger partial charge is 0.350 e. The van der Waals surface area contributed by atoms with Crippen molar-refractivity contribution in [3.63, 3.8) is 0 Å². The van der Waals surface area contributed by atoms with Gasteiger partial charge in [0.2, 0.25) is 0 Å². The summed E-state index contributed by atoms with van der Waals surface area (Å²) >= 11 is 11.8. The van der Waals surface area contributed by atoms with E-state index in [1.54, 1.807) is 18.2 Å². The number of halogens is 2. The van der Waals surface area contributed by atoms with Crippen LogP contribution < -0.4 is 10.6 Å². The van der Waals surface area contributed by atoms with Gasteiger partial charge in [-0.05, 0) is 26.1 Å². The fourth-order valence-electron chi connectivity index (χ4n) is 1.12. The minimum atomic E-state index is -0.213. The van der Waals surface area contributed by atoms with Crippen molar-refractivity contribution in [1.82, 2.24) is 10.6 Å². The summed E-state index contributed by atoms with van der Waals surface area (Å²) in [5, 5.41) is 6.47. The van der Waals surface area contributed by atoms with Crippen LogP contribution in [0.1, 0.15) is 17.3 Å². The summed E-state index contributed by atoms with van der Waals surface area (Å²) in [7, 11) is 1.84. The van der Waals surface area contributed by atoms with Crippen LogP contribution in [0.15, 0.2) is 18.2 Å². The van der Waals surface area contributed by atoms with Gasteiger partial charge in [-0.25, -0.2) is 0 Å². The van der Waals surface area contributed by atoms with Crippen LogP contribution in [0.3, 0.4) is 0 Å². The Bertz CT molecular complexity index is 382. The third-order valence-corrected chi connectivity index (χ3v) is 3.08. The van der Waals surface area contributed by atoms with Gasteiger partial charge in [-0.3, -0.25) is 4.79 Å². The zero-order valence-corrected chi connectivity index (χ0v) is 10.7. The zero-order valence-electron chi connectivity index (χ0n) is 9.18. The molecule has 2 N–H and O–H groups in total. The van der Waals surface area contributed by atoms with E-state index in [0.717, 1.165) is 0 Å². The molecule has 16 heavy (non-hydrogen) atoms. The maximum atomic E-state index is 11.8. The molecule has 0 aliphatic carbocycles. The zero-order chi connectivity index (χ0) is 12.1. The molecule has 1 amide bonds. The third-order valence-electron chi connectivity index (χ3n) is 2.26. The van der Waals surface area contributed by atoms with Crippen LogP contribution in [0.2, 0.25) is 10.0 Å². The Balaban J connectivity index is 2.70. The lowest BCUT2D eigenvalue weighted by molar-refractivity contribution is 0.0950. The molecule has 0 saturated carbocycles. The molecular weight excluding hydrogens is 247 g/mol. The van der Waals surface area contributed by atoms with E-state index in [1.165, 1.54) is 0 Å². The van der Waals surface area contributed by atoms with Gasteiger partial charge in [-0.1, -0.05) is 29.3 Å². The molecule has 0 spiro atoms. The fourth-order valence-corrected chi connectivity index (χ4v) is 1.51. The number of carbonyl (C=O) groups excluding carboxylic acids is 1. The Morgan fingerprint density at radius 3 is 2.75 bits per heavy atom. The summed E-state index contributed by atoms with van der Waals surface area (Å²) in [6.07, 6.45) is 0. The van der Waals surface area contributed by atoms with Gasteiger partial charge in [-0.2, -0.15) is 0 Å². The fraction of sp³-hybridized carbons (Fsp3) is 0.364. The summed E-state index contributed by atoms with van der Waals surface area (Å²) < 4.78 is 0. The Hall–Kier alpha value is -0.770. The standard InChI is InChI=1S/C11H14Cl2N2O/c1-7(14-2)6-15-11(16)8-4-3-5-9(12)10(8)13/h3-5,7,14H,6H2,1-2H3,(H,15,16). The van der Waals surface area contributed by atoms with Crippen LogP contribution in [-0.2, 0) is 0 Å². The molecule has 0 aliphatic heterocycles. The molecule has 5 heteroatoms. The summed E-state index contributed by atoms with van der Waals surface area (Å²) in [6.45, 7) is 2.51. The van der Waals surface area contributed by atoms with Crippen LogP contribution in [0.4, 0.5) is 0 Å². The van der Waals surface area contributed by atoms with Crippen molar-refractivity contribution in [3.8, 4) is 0 Å². The summed E-state index contributed by atoms with van der Waals surface area (Å²) in [5.74, 6) is -0.213. The monoisotopic (exact) mass is 260 g/mol. The Labute approximate surface area is 105 Å². The minimum Gasteiger partial charge on any atom is -0.350 e. The van der Waals surface area contributed by atoms with Gasteiger partial charge in [-0.15, -0.1) is 0 Å². The van der Waals surface area contributed by atoms with Crippen molar-refractivity contribution in [3.05, 3.63) is 33.8 Å². The third kappa shape index (κ3) is 3.37. The second kappa shape index (κ2) is 6.09. The van der Waals surface area contributed by atoms with Crippen molar-refractivity contribution in [1.29, 1.82) is 0 Å². The molecule has 3 nitrogen and oxygen atoms in total. The highest BCUT2D eigenvalue weighted by molar-refractivity contribution is 6.43. The molecule has 0 bridgehead atoms. The molecule has 1 atom stereocenters. The number of amides is 1. The van der Waals surface area contributed by atoms with Crippen molar-refractivity contribution in [2.75, 3.05) is 13.6 Å². The first-order valence-corrected chi connectivity index (χ1v) is 5.71. The van der Waals surface area contributed by atoms with Crippen molar-refractivity contribution < 1.29 is 4.79 Å². The van der Waals surface area contributed by atoms with Crippen LogP contribution in [0.25, 0.3) is 0 Å². The molecule has 0 fully saturated rings. The molecule has 1 unspecified atom stereocenters. The van der Waals surface area contributed by atoms with Crippen LogP contribution in [-0.4, -0.2) is 25.5 Å². The van der Waals surface area contributed by atoms with Crippen LogP contribution in [0.5, 0.6) is 0 Å². The molecule has 0 heterocycles. The second-order valence-corrected chi connectivity index (χ2v) is 4.29. The molecule has 0 aliphatic rings. The molecule has 0 radical (unpaired) electrons. The molecule has 1 aromatic carbocycles. The molecule has 88 valence electrons. The molecular formula is C11H14Cl2N2O. The predicted octanol–water partition coefficient (Wildman–Crippen LogP) is 2.33. The SMILES string of the molecule is CNC(C)CNC(=O)c1cccc(Cl)c1Cl. The number of likely N-dealkylation sites (N-methyl/N-ethyl adjacent to an activating group) is 1. The van der Waals surface area contributed by atoms with Crippen molar-refractivity contribution >= 4 is 29.1 Å². The van der Waals surface area contributed by atoms with Gasteiger partial charge in [0.05, 0.1) is 15.6 Å². The van der Waals surface area contributed by atoms with Gasteiger partial charge in [0, 0.05) is 12.6 Å². The summed E-state index contributed by atoms with van der Waals surface area (Å²) in [6, 6.07) is 5.21. The van der Waals surface area contributed by atoms with Gasteiger partial charge in [0.1, 0.15) is 0 Å². The predicted molar refractivity (Wildman–Crippen MR) is 67.3 cm³/mol. The van der Waals surface area contributed by atoms with Gasteiger partial charge < -0.3 is 10.6 Å². The second-order valence-electron chi connectivity index (χ2n) is 3.50. The Morgan fingerprint density at radius 2 is 2.12 bits per heavy atom. The Morgan fingerprint density at radius 1 is 1.44 bits per heavy atom. The lowest BCUT2D eigenvalue weighted by Crippen LogP contribution is -2.37. The summed E-state index contributed by atoms with van der Waals surface area (Å²) in [4.78, 5) is 11.8. The lowest BCUT2D eigenvalue weighted by atomic mass is 10.2. The quantitative estimate of drug-likeness (QED) is 0.873. The van der Waals surface area contributed by atoms with Crippen LogP contribution >= 0.6 is 23.2 Å². The molecule has 1 aromatic rings. The van der Waals surface area contributed by atoms with E-state index in [9.17, 15) is 4.79 Å². The van der Waals surface area contributed by atoms with Gasteiger partial charge in [0.25, 0.3) is 5.91 Å². The highest BCUT2D eigenvalue weighted by Gasteiger charge is 2.12. The van der Waals surface area contributed by atoms with E-state index in [-0.39, 0.29) is 11.9 Å². The average Bonchev–Trinajstić information content (AvgIpc) is 2.29. The van der Waals surface area contributed by atoms with Crippen LogP contribution in [0, 0.1) is 0 Å². The number of benzene rings is 1. The maximum absolute atomic E-state index is 11.8. The minimum absolute atomic E-state index is 0.210. The number of hydrogen-bond donors (Lipinski definition) is 2. The Kier molecular flexibility index (Phi) is 5.06. The first kappa shape index (κ1) is 13.3. The molecule has 0 aromatic heterocycles. The molecule has 1 rings (SSSR count). The lowest BCUT2D eigenvalue weighted by Gasteiger charge is -2.12. The van der Waals surface area contributed by atoms with Gasteiger partial charge >= 0.3 is 0 Å². The normalized spacial score (nSPS) is 12.2. The van der Waals surface area contributed by atoms with E-state index in [4.69, 9.17) is 23.2 Å². The average molecular weight is 261 g/mol. The number of hydrogen-bond acceptors (Lipinski definition) is 2. The smallest absolute Gasteiger partial charge is 0.252 e.